The van der Waals surface area contributed by atoms with E-state index in [0.717, 1.165) is 0 Å². The van der Waals surface area contributed by atoms with Crippen LogP contribution in [0.25, 0.3) is 0 Å². The number of benzene rings is 1. The summed E-state index contributed by atoms with van der Waals surface area (Å²) in [7, 11) is 0. The maximum Gasteiger partial charge on any atom is 0.327 e. The third kappa shape index (κ3) is 3.13. The predicted octanol–water partition coefficient (Wildman–Crippen LogP) is 1.61. The molecule has 0 bridgehead atoms. The molecular weight excluding hydrogens is 375 g/mol. The van der Waals surface area contributed by atoms with Crippen molar-refractivity contribution < 1.29 is 28.6 Å². The molecule has 4 atom stereocenters. The predicted molar refractivity (Wildman–Crippen MR) is 96.8 cm³/mol. The second kappa shape index (κ2) is 6.40. The number of β-lactam (4-membered cyclic amide) rings is 1. The lowest BCUT2D eigenvalue weighted by atomic mass is 9.86. The van der Waals surface area contributed by atoms with Gasteiger partial charge in [-0.05, 0) is 52.0 Å². The van der Waals surface area contributed by atoms with Crippen LogP contribution in [-0.2, 0) is 14.4 Å². The van der Waals surface area contributed by atoms with E-state index in [9.17, 15) is 23.9 Å². The van der Waals surface area contributed by atoms with Gasteiger partial charge < -0.3 is 20.1 Å². The summed E-state index contributed by atoms with van der Waals surface area (Å²) >= 11 is 1.35. The van der Waals surface area contributed by atoms with Crippen LogP contribution in [0, 0.1) is 5.82 Å². The molecule has 0 spiro atoms. The van der Waals surface area contributed by atoms with E-state index in [4.69, 9.17) is 4.74 Å². The van der Waals surface area contributed by atoms with E-state index >= 15 is 0 Å². The van der Waals surface area contributed by atoms with Gasteiger partial charge in [0.2, 0.25) is 0 Å². The summed E-state index contributed by atoms with van der Waals surface area (Å²) in [5, 5.41) is 11.7. The molecule has 1 unspecified atom stereocenters. The zero-order valence-corrected chi connectivity index (χ0v) is 16.2. The molecule has 1 aromatic carbocycles. The Labute approximate surface area is 160 Å². The van der Waals surface area contributed by atoms with Gasteiger partial charge >= 0.3 is 5.97 Å². The summed E-state index contributed by atoms with van der Waals surface area (Å²) in [4.78, 5) is 38.1. The highest BCUT2D eigenvalue weighted by molar-refractivity contribution is 8.01. The largest absolute Gasteiger partial charge is 0.481 e. The van der Waals surface area contributed by atoms with Gasteiger partial charge in [0.1, 0.15) is 28.5 Å². The van der Waals surface area contributed by atoms with Crippen molar-refractivity contribution in [2.24, 2.45) is 0 Å². The van der Waals surface area contributed by atoms with Gasteiger partial charge in [-0.2, -0.15) is 0 Å². The first-order valence-electron chi connectivity index (χ1n) is 8.45. The minimum atomic E-state index is -1.20. The molecule has 2 aliphatic heterocycles. The maximum absolute atomic E-state index is 13.0. The first-order chi connectivity index (χ1) is 12.5. The third-order valence-corrected chi connectivity index (χ3v) is 6.64. The van der Waals surface area contributed by atoms with Gasteiger partial charge in [0, 0.05) is 4.75 Å². The summed E-state index contributed by atoms with van der Waals surface area (Å²) < 4.78 is 17.8. The van der Waals surface area contributed by atoms with Gasteiger partial charge in [-0.15, -0.1) is 11.8 Å². The number of amides is 2. The SMILES string of the molecule is CC(Oc1ccc(F)cc1)C(=O)N[C@@]1(C)C(=O)N2[C@@H](C(=O)O)C(C)(C)S[C@@H]21. The molecule has 2 N–H and O–H groups in total. The summed E-state index contributed by atoms with van der Waals surface area (Å²) in [6.07, 6.45) is -0.913. The lowest BCUT2D eigenvalue weighted by Gasteiger charge is -2.51. The number of thioether (sulfide) groups is 1. The Morgan fingerprint density at radius 3 is 2.44 bits per heavy atom. The second-order valence-electron chi connectivity index (χ2n) is 7.43. The van der Waals surface area contributed by atoms with Crippen molar-refractivity contribution in [1.29, 1.82) is 0 Å². The number of carbonyl (C=O) groups excluding carboxylic acids is 2. The monoisotopic (exact) mass is 396 g/mol. The van der Waals surface area contributed by atoms with Crippen molar-refractivity contribution in [1.82, 2.24) is 10.2 Å². The molecule has 3 rings (SSSR count). The van der Waals surface area contributed by atoms with E-state index in [-0.39, 0.29) is 0 Å². The maximum atomic E-state index is 13.0. The minimum Gasteiger partial charge on any atom is -0.481 e. The number of nitrogens with zero attached hydrogens (tertiary/aromatic N) is 1. The Kier molecular flexibility index (Phi) is 4.62. The van der Waals surface area contributed by atoms with E-state index in [0.29, 0.717) is 5.75 Å². The number of hydrogen-bond donors (Lipinski definition) is 2. The molecular formula is C18H21FN2O5S. The van der Waals surface area contributed by atoms with Gasteiger partial charge in [0.15, 0.2) is 6.10 Å². The molecule has 2 saturated heterocycles. The molecule has 9 heteroatoms. The molecule has 0 aliphatic carbocycles. The van der Waals surface area contributed by atoms with Crippen molar-refractivity contribution in [3.63, 3.8) is 0 Å². The molecule has 27 heavy (non-hydrogen) atoms. The smallest absolute Gasteiger partial charge is 0.327 e. The van der Waals surface area contributed by atoms with Crippen LogP contribution in [0.15, 0.2) is 24.3 Å². The molecule has 7 nitrogen and oxygen atoms in total. The highest BCUT2D eigenvalue weighted by Gasteiger charge is 2.70. The van der Waals surface area contributed by atoms with Gasteiger partial charge in [0.25, 0.3) is 11.8 Å². The topological polar surface area (TPSA) is 95.9 Å². The van der Waals surface area contributed by atoms with Crippen LogP contribution >= 0.6 is 11.8 Å². The normalized spacial score (nSPS) is 29.5. The number of rotatable bonds is 5. The second-order valence-corrected chi connectivity index (χ2v) is 9.17. The Balaban J connectivity index is 1.70. The Morgan fingerprint density at radius 1 is 1.30 bits per heavy atom. The standard InChI is InChI=1S/C18H21FN2O5S/c1-9(26-11-7-5-10(19)6-8-11)13(22)20-18(4)15(25)21-12(14(23)24)17(2,3)27-16(18)21/h5-9,12,16H,1-4H3,(H,20,22)(H,23,24)/t9?,12-,16+,18-/m0/s1. The van der Waals surface area contributed by atoms with Crippen molar-refractivity contribution in [2.45, 2.75) is 55.5 Å². The fraction of sp³-hybridized carbons (Fsp3) is 0.500. The Bertz CT molecular complexity index is 799. The van der Waals surface area contributed by atoms with E-state index in [2.05, 4.69) is 5.32 Å². The number of carboxylic acid groups (broad SMARTS) is 1. The number of nitrogens with one attached hydrogen (secondary N) is 1. The first-order valence-corrected chi connectivity index (χ1v) is 9.33. The van der Waals surface area contributed by atoms with Crippen molar-refractivity contribution in [3.8, 4) is 5.75 Å². The van der Waals surface area contributed by atoms with Crippen LogP contribution < -0.4 is 10.1 Å². The average molecular weight is 396 g/mol. The quantitative estimate of drug-likeness (QED) is 0.735. The highest BCUT2D eigenvalue weighted by Crippen LogP contribution is 2.54. The highest BCUT2D eigenvalue weighted by atomic mass is 32.2. The lowest BCUT2D eigenvalue weighted by molar-refractivity contribution is -0.168. The van der Waals surface area contributed by atoms with Crippen LogP contribution in [-0.4, -0.2) is 55.6 Å². The van der Waals surface area contributed by atoms with Crippen molar-refractivity contribution in [3.05, 3.63) is 30.1 Å². The number of carboxylic acids is 1. The van der Waals surface area contributed by atoms with Crippen LogP contribution in [0.2, 0.25) is 0 Å². The number of carbonyl (C=O) groups is 3. The minimum absolute atomic E-state index is 0.327. The third-order valence-electron chi connectivity index (χ3n) is 4.89. The fourth-order valence-corrected chi connectivity index (χ4v) is 5.11. The van der Waals surface area contributed by atoms with Crippen LogP contribution in [0.3, 0.4) is 0 Å². The van der Waals surface area contributed by atoms with E-state index in [1.807, 2.05) is 0 Å². The molecule has 0 radical (unpaired) electrons. The fourth-order valence-electron chi connectivity index (χ4n) is 3.47. The molecule has 2 aliphatic rings. The van der Waals surface area contributed by atoms with Crippen LogP contribution in [0.5, 0.6) is 5.75 Å². The molecule has 2 heterocycles. The Morgan fingerprint density at radius 2 is 1.89 bits per heavy atom. The first kappa shape index (κ1) is 19.5. The van der Waals surface area contributed by atoms with Gasteiger partial charge in [-0.3, -0.25) is 9.59 Å². The average Bonchev–Trinajstić information content (AvgIpc) is 2.86. The lowest BCUT2D eigenvalue weighted by Crippen LogP contribution is -2.78. The molecule has 146 valence electrons. The molecule has 2 fully saturated rings. The van der Waals surface area contributed by atoms with Crippen molar-refractivity contribution >= 4 is 29.5 Å². The molecule has 2 amide bonds. The number of hydrogen-bond acceptors (Lipinski definition) is 5. The summed E-state index contributed by atoms with van der Waals surface area (Å²) in [6.45, 7) is 6.65. The summed E-state index contributed by atoms with van der Waals surface area (Å²) in [5.41, 5.74) is -1.20. The van der Waals surface area contributed by atoms with Gasteiger partial charge in [0.05, 0.1) is 0 Å². The zero-order valence-electron chi connectivity index (χ0n) is 15.4. The number of halogens is 1. The van der Waals surface area contributed by atoms with Crippen LogP contribution in [0.4, 0.5) is 4.39 Å². The summed E-state index contributed by atoms with van der Waals surface area (Å²) in [6, 6.07) is 4.31. The van der Waals surface area contributed by atoms with E-state index in [1.54, 1.807) is 20.8 Å². The van der Waals surface area contributed by atoms with Crippen molar-refractivity contribution in [2.75, 3.05) is 0 Å². The molecule has 0 aromatic heterocycles. The number of ether oxygens (including phenoxy) is 1. The summed E-state index contributed by atoms with van der Waals surface area (Å²) in [5.74, 6) is -2.09. The molecule has 0 saturated carbocycles. The Hall–Kier alpha value is -2.29. The molecule has 1 aromatic rings. The van der Waals surface area contributed by atoms with Gasteiger partial charge in [-0.1, -0.05) is 0 Å². The zero-order chi connectivity index (χ0) is 20.1. The number of fused-ring (bicyclic) bond motifs is 1. The van der Waals surface area contributed by atoms with E-state index < -0.39 is 51.4 Å². The number of aliphatic carboxylic acids is 1. The van der Waals surface area contributed by atoms with E-state index in [1.165, 1.54) is 47.9 Å². The van der Waals surface area contributed by atoms with Crippen LogP contribution in [0.1, 0.15) is 27.7 Å². The van der Waals surface area contributed by atoms with Gasteiger partial charge in [-0.25, -0.2) is 9.18 Å².